The zero-order valence-corrected chi connectivity index (χ0v) is 13.4. The fourth-order valence-corrected chi connectivity index (χ4v) is 2.59. The molecule has 112 valence electrons. The molecule has 0 fully saturated rings. The highest BCUT2D eigenvalue weighted by atomic mass is 14.9. The lowest BCUT2D eigenvalue weighted by atomic mass is 9.99. The summed E-state index contributed by atoms with van der Waals surface area (Å²) in [6.07, 6.45) is 3.11. The second-order valence-electron chi connectivity index (χ2n) is 5.70. The summed E-state index contributed by atoms with van der Waals surface area (Å²) in [5.74, 6) is 0. The molecule has 0 spiro atoms. The van der Waals surface area contributed by atoms with Crippen LogP contribution in [0.2, 0.25) is 0 Å². The smallest absolute Gasteiger partial charge is 0.0708 e. The van der Waals surface area contributed by atoms with Gasteiger partial charge in [-0.05, 0) is 50.4 Å². The molecule has 21 heavy (non-hydrogen) atoms. The van der Waals surface area contributed by atoms with Gasteiger partial charge < -0.3 is 5.32 Å². The SMILES string of the molecule is C=C(CC)CC(NCCC)c1cc(C)c2ccccc2n1. The number of aryl methyl sites for hydroxylation is 1. The van der Waals surface area contributed by atoms with Gasteiger partial charge in [0.25, 0.3) is 0 Å². The Morgan fingerprint density at radius 1 is 1.29 bits per heavy atom. The summed E-state index contributed by atoms with van der Waals surface area (Å²) in [5.41, 5.74) is 4.78. The highest BCUT2D eigenvalue weighted by molar-refractivity contribution is 5.82. The predicted molar refractivity (Wildman–Crippen MR) is 91.6 cm³/mol. The Kier molecular flexibility index (Phi) is 5.51. The minimum absolute atomic E-state index is 0.265. The standard InChI is InChI=1S/C19H26N2/c1-5-11-20-18(12-14(3)6-2)19-13-15(4)16-9-7-8-10-17(16)21-19/h7-10,13,18,20H,3,5-6,11-12H2,1-2,4H3. The van der Waals surface area contributed by atoms with Gasteiger partial charge in [-0.15, -0.1) is 0 Å². The van der Waals surface area contributed by atoms with E-state index in [4.69, 9.17) is 4.98 Å². The van der Waals surface area contributed by atoms with E-state index in [1.165, 1.54) is 16.5 Å². The van der Waals surface area contributed by atoms with Crippen molar-refractivity contribution in [3.8, 4) is 0 Å². The van der Waals surface area contributed by atoms with Gasteiger partial charge >= 0.3 is 0 Å². The Bertz CT molecular complexity index is 616. The zero-order valence-electron chi connectivity index (χ0n) is 13.4. The van der Waals surface area contributed by atoms with Crippen LogP contribution in [-0.4, -0.2) is 11.5 Å². The molecule has 0 saturated heterocycles. The highest BCUT2D eigenvalue weighted by Crippen LogP contribution is 2.25. The van der Waals surface area contributed by atoms with E-state index in [2.05, 4.69) is 63.0 Å². The molecule has 1 heterocycles. The van der Waals surface area contributed by atoms with Crippen molar-refractivity contribution in [2.24, 2.45) is 0 Å². The summed E-state index contributed by atoms with van der Waals surface area (Å²) >= 11 is 0. The monoisotopic (exact) mass is 282 g/mol. The summed E-state index contributed by atoms with van der Waals surface area (Å²) in [6.45, 7) is 11.7. The number of fused-ring (bicyclic) bond motifs is 1. The second-order valence-corrected chi connectivity index (χ2v) is 5.70. The first kappa shape index (κ1) is 15.7. The maximum atomic E-state index is 4.87. The van der Waals surface area contributed by atoms with Crippen molar-refractivity contribution in [2.75, 3.05) is 6.54 Å². The van der Waals surface area contributed by atoms with Crippen LogP contribution >= 0.6 is 0 Å². The van der Waals surface area contributed by atoms with E-state index in [1.807, 2.05) is 0 Å². The average molecular weight is 282 g/mol. The van der Waals surface area contributed by atoms with Gasteiger partial charge in [0, 0.05) is 5.39 Å². The molecule has 1 aromatic heterocycles. The zero-order chi connectivity index (χ0) is 15.2. The van der Waals surface area contributed by atoms with Crippen molar-refractivity contribution in [1.29, 1.82) is 0 Å². The number of nitrogens with zero attached hydrogens (tertiary/aromatic N) is 1. The van der Waals surface area contributed by atoms with Gasteiger partial charge in [-0.25, -0.2) is 0 Å². The molecular weight excluding hydrogens is 256 g/mol. The predicted octanol–water partition coefficient (Wildman–Crippen LogP) is 4.94. The minimum atomic E-state index is 0.265. The summed E-state index contributed by atoms with van der Waals surface area (Å²) in [5, 5.41) is 4.86. The van der Waals surface area contributed by atoms with Crippen LogP contribution in [0, 0.1) is 6.92 Å². The largest absolute Gasteiger partial charge is 0.308 e. The van der Waals surface area contributed by atoms with Crippen molar-refractivity contribution in [2.45, 2.75) is 46.1 Å². The molecule has 2 heteroatoms. The Hall–Kier alpha value is -1.67. The average Bonchev–Trinajstić information content (AvgIpc) is 2.51. The Labute approximate surface area is 128 Å². The van der Waals surface area contributed by atoms with Crippen LogP contribution in [0.25, 0.3) is 10.9 Å². The van der Waals surface area contributed by atoms with Gasteiger partial charge in [0.1, 0.15) is 0 Å². The number of pyridine rings is 1. The van der Waals surface area contributed by atoms with Gasteiger partial charge in [-0.1, -0.05) is 44.2 Å². The summed E-state index contributed by atoms with van der Waals surface area (Å²) in [6, 6.07) is 10.8. The minimum Gasteiger partial charge on any atom is -0.308 e. The van der Waals surface area contributed by atoms with Crippen molar-refractivity contribution in [3.05, 3.63) is 53.7 Å². The van der Waals surface area contributed by atoms with E-state index < -0.39 is 0 Å². The van der Waals surface area contributed by atoms with Crippen LogP contribution in [0.3, 0.4) is 0 Å². The first-order chi connectivity index (χ1) is 10.2. The molecule has 0 aliphatic carbocycles. The number of benzene rings is 1. The van der Waals surface area contributed by atoms with Gasteiger partial charge in [0.05, 0.1) is 17.3 Å². The van der Waals surface area contributed by atoms with Crippen molar-refractivity contribution < 1.29 is 0 Å². The summed E-state index contributed by atoms with van der Waals surface area (Å²) < 4.78 is 0. The molecular formula is C19H26N2. The molecule has 1 unspecified atom stereocenters. The molecule has 2 rings (SSSR count). The molecule has 0 bridgehead atoms. The third-order valence-corrected chi connectivity index (χ3v) is 3.93. The number of nitrogens with one attached hydrogen (secondary N) is 1. The lowest BCUT2D eigenvalue weighted by molar-refractivity contribution is 0.513. The Morgan fingerprint density at radius 2 is 2.05 bits per heavy atom. The summed E-state index contributed by atoms with van der Waals surface area (Å²) in [7, 11) is 0. The van der Waals surface area contributed by atoms with Gasteiger partial charge in [0.2, 0.25) is 0 Å². The third kappa shape index (κ3) is 3.92. The second kappa shape index (κ2) is 7.37. The van der Waals surface area contributed by atoms with Crippen molar-refractivity contribution >= 4 is 10.9 Å². The van der Waals surface area contributed by atoms with Gasteiger partial charge in [0.15, 0.2) is 0 Å². The first-order valence-corrected chi connectivity index (χ1v) is 7.92. The van der Waals surface area contributed by atoms with Crippen LogP contribution in [0.15, 0.2) is 42.5 Å². The Morgan fingerprint density at radius 3 is 2.76 bits per heavy atom. The van der Waals surface area contributed by atoms with Gasteiger partial charge in [-0.3, -0.25) is 4.98 Å². The van der Waals surface area contributed by atoms with E-state index in [0.29, 0.717) is 0 Å². The summed E-state index contributed by atoms with van der Waals surface area (Å²) in [4.78, 5) is 4.87. The lowest BCUT2D eigenvalue weighted by Crippen LogP contribution is -2.23. The van der Waals surface area contributed by atoms with Crippen LogP contribution in [0.4, 0.5) is 0 Å². The van der Waals surface area contributed by atoms with Crippen molar-refractivity contribution in [3.63, 3.8) is 0 Å². The number of hydrogen-bond acceptors (Lipinski definition) is 2. The topological polar surface area (TPSA) is 24.9 Å². The molecule has 0 radical (unpaired) electrons. The molecule has 0 aliphatic heterocycles. The van der Waals surface area contributed by atoms with E-state index in [-0.39, 0.29) is 6.04 Å². The Balaban J connectivity index is 2.36. The van der Waals surface area contributed by atoms with Crippen LogP contribution in [0.1, 0.15) is 50.4 Å². The third-order valence-electron chi connectivity index (χ3n) is 3.93. The number of aromatic nitrogens is 1. The van der Waals surface area contributed by atoms with E-state index in [0.717, 1.165) is 37.0 Å². The van der Waals surface area contributed by atoms with E-state index in [1.54, 1.807) is 0 Å². The molecule has 1 atom stereocenters. The van der Waals surface area contributed by atoms with Crippen LogP contribution < -0.4 is 5.32 Å². The molecule has 0 aliphatic rings. The maximum absolute atomic E-state index is 4.87. The number of para-hydroxylation sites is 1. The molecule has 0 amide bonds. The molecule has 2 nitrogen and oxygen atoms in total. The van der Waals surface area contributed by atoms with E-state index in [9.17, 15) is 0 Å². The molecule has 1 aromatic carbocycles. The fraction of sp³-hybridized carbons (Fsp3) is 0.421. The molecule has 0 saturated carbocycles. The first-order valence-electron chi connectivity index (χ1n) is 7.92. The normalized spacial score (nSPS) is 12.5. The van der Waals surface area contributed by atoms with E-state index >= 15 is 0 Å². The van der Waals surface area contributed by atoms with Crippen LogP contribution in [0.5, 0.6) is 0 Å². The van der Waals surface area contributed by atoms with Crippen LogP contribution in [-0.2, 0) is 0 Å². The molecule has 2 aromatic rings. The number of hydrogen-bond donors (Lipinski definition) is 1. The lowest BCUT2D eigenvalue weighted by Gasteiger charge is -2.20. The highest BCUT2D eigenvalue weighted by Gasteiger charge is 2.14. The fourth-order valence-electron chi connectivity index (χ4n) is 2.59. The number of rotatable bonds is 7. The molecule has 1 N–H and O–H groups in total. The van der Waals surface area contributed by atoms with Crippen molar-refractivity contribution in [1.82, 2.24) is 10.3 Å². The maximum Gasteiger partial charge on any atom is 0.0708 e. The quantitative estimate of drug-likeness (QED) is 0.727. The van der Waals surface area contributed by atoms with Gasteiger partial charge in [-0.2, -0.15) is 0 Å².